The van der Waals surface area contributed by atoms with E-state index in [1.54, 1.807) is 12.1 Å². The summed E-state index contributed by atoms with van der Waals surface area (Å²) >= 11 is 0. The van der Waals surface area contributed by atoms with Gasteiger partial charge in [-0.15, -0.1) is 0 Å². The van der Waals surface area contributed by atoms with E-state index < -0.39 is 11.8 Å². The van der Waals surface area contributed by atoms with Crippen LogP contribution in [0.3, 0.4) is 0 Å². The summed E-state index contributed by atoms with van der Waals surface area (Å²) in [5.74, 6) is -0.484. The van der Waals surface area contributed by atoms with Gasteiger partial charge >= 0.3 is 6.03 Å². The van der Waals surface area contributed by atoms with Gasteiger partial charge in [0.2, 0.25) is 0 Å². The molecular formula is C26H23FN4O2. The molecule has 5 rings (SSSR count). The molecule has 166 valence electrons. The van der Waals surface area contributed by atoms with Gasteiger partial charge in [-0.25, -0.2) is 9.18 Å². The number of carbonyl (C=O) groups excluding carboxylic acids is 1. The first-order chi connectivity index (χ1) is 16.1. The molecule has 0 atom stereocenters. The topological polar surface area (TPSA) is 77.2 Å². The van der Waals surface area contributed by atoms with E-state index in [1.807, 2.05) is 48.5 Å². The molecule has 0 fully saturated rings. The van der Waals surface area contributed by atoms with E-state index in [1.165, 1.54) is 12.1 Å². The number of nitrogens with one attached hydrogen (secondary N) is 3. The van der Waals surface area contributed by atoms with Crippen molar-refractivity contribution in [1.29, 1.82) is 0 Å². The van der Waals surface area contributed by atoms with Crippen molar-refractivity contribution in [3.8, 4) is 0 Å². The molecule has 2 heterocycles. The fourth-order valence-corrected chi connectivity index (χ4v) is 4.31. The molecule has 0 saturated heterocycles. The van der Waals surface area contributed by atoms with E-state index >= 15 is 0 Å². The van der Waals surface area contributed by atoms with Crippen molar-refractivity contribution in [3.05, 3.63) is 106 Å². The Labute approximate surface area is 190 Å². The zero-order valence-electron chi connectivity index (χ0n) is 17.9. The lowest BCUT2D eigenvalue weighted by atomic mass is 9.97. The van der Waals surface area contributed by atoms with Gasteiger partial charge in [0.25, 0.3) is 5.56 Å². The summed E-state index contributed by atoms with van der Waals surface area (Å²) in [7, 11) is 0. The van der Waals surface area contributed by atoms with E-state index in [2.05, 4.69) is 20.5 Å². The van der Waals surface area contributed by atoms with Crippen molar-refractivity contribution < 1.29 is 9.18 Å². The number of para-hydroxylation sites is 2. The molecule has 7 heteroatoms. The van der Waals surface area contributed by atoms with Crippen molar-refractivity contribution in [1.82, 2.24) is 9.88 Å². The maximum absolute atomic E-state index is 13.8. The lowest BCUT2D eigenvalue weighted by molar-refractivity contribution is 0.245. The average molecular weight is 442 g/mol. The van der Waals surface area contributed by atoms with Crippen molar-refractivity contribution >= 4 is 28.3 Å². The van der Waals surface area contributed by atoms with Crippen LogP contribution in [0.5, 0.6) is 0 Å². The smallest absolute Gasteiger partial charge is 0.322 e. The zero-order valence-corrected chi connectivity index (χ0v) is 17.9. The summed E-state index contributed by atoms with van der Waals surface area (Å²) in [5.41, 5.74) is 4.50. The summed E-state index contributed by atoms with van der Waals surface area (Å²) in [6.07, 6.45) is 0.733. The van der Waals surface area contributed by atoms with Crippen LogP contribution in [-0.4, -0.2) is 22.5 Å². The number of aromatic nitrogens is 1. The first-order valence-electron chi connectivity index (χ1n) is 10.8. The van der Waals surface area contributed by atoms with Gasteiger partial charge in [0.15, 0.2) is 0 Å². The van der Waals surface area contributed by atoms with Gasteiger partial charge in [0, 0.05) is 36.4 Å². The number of nitrogens with zero attached hydrogens (tertiary/aromatic N) is 1. The normalized spacial score (nSPS) is 13.5. The molecule has 2 amide bonds. The van der Waals surface area contributed by atoms with Crippen LogP contribution in [0.2, 0.25) is 0 Å². The van der Waals surface area contributed by atoms with Gasteiger partial charge in [-0.1, -0.05) is 42.5 Å². The molecular weight excluding hydrogens is 419 g/mol. The molecule has 33 heavy (non-hydrogen) atoms. The van der Waals surface area contributed by atoms with Crippen molar-refractivity contribution in [3.63, 3.8) is 0 Å². The van der Waals surface area contributed by atoms with Crippen molar-refractivity contribution in [2.45, 2.75) is 19.5 Å². The molecule has 1 aliphatic heterocycles. The van der Waals surface area contributed by atoms with Crippen LogP contribution < -0.4 is 16.2 Å². The monoisotopic (exact) mass is 442 g/mol. The van der Waals surface area contributed by atoms with Gasteiger partial charge in [-0.05, 0) is 53.3 Å². The molecule has 4 aromatic rings. The van der Waals surface area contributed by atoms with Crippen LogP contribution in [0, 0.1) is 5.82 Å². The second kappa shape index (κ2) is 8.88. The SMILES string of the molecule is O=C(Nc1ccccc1F)Nc1cccc2c1CCN(Cc1cc3ccccc3[nH]c1=O)C2. The number of amides is 2. The fourth-order valence-electron chi connectivity index (χ4n) is 4.31. The van der Waals surface area contributed by atoms with Crippen LogP contribution in [-0.2, 0) is 19.5 Å². The Bertz CT molecular complexity index is 1400. The highest BCUT2D eigenvalue weighted by Crippen LogP contribution is 2.27. The van der Waals surface area contributed by atoms with E-state index in [0.717, 1.165) is 40.6 Å². The maximum Gasteiger partial charge on any atom is 0.323 e. The zero-order chi connectivity index (χ0) is 22.8. The molecule has 3 N–H and O–H groups in total. The number of halogens is 1. The Balaban J connectivity index is 1.30. The number of fused-ring (bicyclic) bond motifs is 2. The minimum absolute atomic E-state index is 0.0697. The summed E-state index contributed by atoms with van der Waals surface area (Å²) in [6.45, 7) is 1.98. The fraction of sp³-hybridized carbons (Fsp3) is 0.154. The molecule has 0 aliphatic carbocycles. The van der Waals surface area contributed by atoms with Crippen LogP contribution in [0.25, 0.3) is 10.9 Å². The molecule has 0 bridgehead atoms. The maximum atomic E-state index is 13.8. The number of rotatable bonds is 4. The second-order valence-corrected chi connectivity index (χ2v) is 8.17. The Kier molecular flexibility index (Phi) is 5.62. The number of benzene rings is 3. The Morgan fingerprint density at radius 3 is 2.61 bits per heavy atom. The highest BCUT2D eigenvalue weighted by molar-refractivity contribution is 6.00. The van der Waals surface area contributed by atoms with Gasteiger partial charge < -0.3 is 15.6 Å². The average Bonchev–Trinajstić information content (AvgIpc) is 2.81. The number of pyridine rings is 1. The third-order valence-corrected chi connectivity index (χ3v) is 5.94. The Morgan fingerprint density at radius 1 is 0.970 bits per heavy atom. The lowest BCUT2D eigenvalue weighted by Gasteiger charge is -2.30. The van der Waals surface area contributed by atoms with E-state index in [9.17, 15) is 14.0 Å². The van der Waals surface area contributed by atoms with Crippen LogP contribution >= 0.6 is 0 Å². The minimum Gasteiger partial charge on any atom is -0.322 e. The third kappa shape index (κ3) is 4.49. The van der Waals surface area contributed by atoms with Gasteiger partial charge in [0.05, 0.1) is 5.69 Å². The minimum atomic E-state index is -0.487. The van der Waals surface area contributed by atoms with E-state index in [4.69, 9.17) is 0 Å². The predicted molar refractivity (Wildman–Crippen MR) is 128 cm³/mol. The Hall–Kier alpha value is -3.97. The molecule has 0 spiro atoms. The summed E-state index contributed by atoms with van der Waals surface area (Å²) in [5, 5.41) is 6.41. The Morgan fingerprint density at radius 2 is 1.73 bits per heavy atom. The number of hydrogen-bond donors (Lipinski definition) is 3. The lowest BCUT2D eigenvalue weighted by Crippen LogP contribution is -2.33. The van der Waals surface area contributed by atoms with Crippen LogP contribution in [0.1, 0.15) is 16.7 Å². The summed E-state index contributed by atoms with van der Waals surface area (Å²) in [4.78, 5) is 30.2. The van der Waals surface area contributed by atoms with Gasteiger partial charge in [-0.3, -0.25) is 9.69 Å². The van der Waals surface area contributed by atoms with Crippen LogP contribution in [0.4, 0.5) is 20.6 Å². The molecule has 3 aromatic carbocycles. The third-order valence-electron chi connectivity index (χ3n) is 5.94. The van der Waals surface area contributed by atoms with E-state index in [-0.39, 0.29) is 11.2 Å². The van der Waals surface area contributed by atoms with E-state index in [0.29, 0.717) is 18.8 Å². The molecule has 1 aromatic heterocycles. The van der Waals surface area contributed by atoms with Gasteiger partial charge in [-0.2, -0.15) is 0 Å². The van der Waals surface area contributed by atoms with Crippen LogP contribution in [0.15, 0.2) is 77.6 Å². The number of aromatic amines is 1. The quantitative estimate of drug-likeness (QED) is 0.422. The predicted octanol–water partition coefficient (Wildman–Crippen LogP) is 4.87. The molecule has 0 radical (unpaired) electrons. The number of anilines is 2. The van der Waals surface area contributed by atoms with Crippen molar-refractivity contribution in [2.24, 2.45) is 0 Å². The molecule has 6 nitrogen and oxygen atoms in total. The highest BCUT2D eigenvalue weighted by Gasteiger charge is 2.21. The molecule has 1 aliphatic rings. The largest absolute Gasteiger partial charge is 0.323 e. The second-order valence-electron chi connectivity index (χ2n) is 8.17. The first kappa shape index (κ1) is 20.9. The number of H-pyrrole nitrogens is 1. The first-order valence-corrected chi connectivity index (χ1v) is 10.8. The van der Waals surface area contributed by atoms with Gasteiger partial charge in [0.1, 0.15) is 5.82 Å². The summed E-state index contributed by atoms with van der Waals surface area (Å²) < 4.78 is 13.8. The molecule has 0 saturated carbocycles. The van der Waals surface area contributed by atoms with Crippen molar-refractivity contribution in [2.75, 3.05) is 17.2 Å². The highest BCUT2D eigenvalue weighted by atomic mass is 19.1. The number of urea groups is 1. The standard InChI is InChI=1S/C26H23FN4O2/c27-21-8-2-4-10-24(21)30-26(33)29-23-11-5-7-18-15-31(13-12-20(18)23)16-19-14-17-6-1-3-9-22(17)28-25(19)32/h1-11,14H,12-13,15-16H2,(H,28,32)(H2,29,30,33). The molecule has 0 unspecified atom stereocenters. The number of carbonyl (C=O) groups is 1. The number of hydrogen-bond acceptors (Lipinski definition) is 3. The summed E-state index contributed by atoms with van der Waals surface area (Å²) in [6, 6.07) is 21.0.